The number of methoxy groups -OCH3 is 1. The summed E-state index contributed by atoms with van der Waals surface area (Å²) in [4.78, 5) is 10.9. The Balaban J connectivity index is 1.99. The van der Waals surface area contributed by atoms with Crippen molar-refractivity contribution in [3.05, 3.63) is 48.4 Å². The molecule has 0 spiro atoms. The van der Waals surface area contributed by atoms with Crippen LogP contribution < -0.4 is 15.0 Å². The maximum absolute atomic E-state index is 13.7. The summed E-state index contributed by atoms with van der Waals surface area (Å²) in [5.41, 5.74) is 2.81. The second-order valence-electron chi connectivity index (χ2n) is 5.27. The topological polar surface area (TPSA) is 50.3 Å². The molecule has 2 heterocycles. The number of aromatic nitrogens is 2. The summed E-state index contributed by atoms with van der Waals surface area (Å²) in [5.74, 6) is 0.599. The smallest absolute Gasteiger partial charge is 0.177 e. The molecule has 0 aliphatic heterocycles. The van der Waals surface area contributed by atoms with E-state index in [4.69, 9.17) is 4.74 Å². The second kappa shape index (κ2) is 6.08. The van der Waals surface area contributed by atoms with Gasteiger partial charge in [0.15, 0.2) is 11.6 Å². The largest absolute Gasteiger partial charge is 0.492 e. The molecule has 0 radical (unpaired) electrons. The molecule has 0 atom stereocenters. The lowest BCUT2D eigenvalue weighted by molar-refractivity contribution is 0.388. The van der Waals surface area contributed by atoms with Crippen molar-refractivity contribution >= 4 is 28.2 Å². The zero-order valence-electron chi connectivity index (χ0n) is 13.2. The molecule has 3 aromatic rings. The van der Waals surface area contributed by atoms with Gasteiger partial charge in [-0.15, -0.1) is 0 Å². The molecule has 0 saturated heterocycles. The van der Waals surface area contributed by atoms with Gasteiger partial charge in [-0.1, -0.05) is 6.07 Å². The summed E-state index contributed by atoms with van der Waals surface area (Å²) in [6.45, 7) is 0. The average Bonchev–Trinajstić information content (AvgIpc) is 2.54. The van der Waals surface area contributed by atoms with Crippen LogP contribution in [0.4, 0.5) is 21.6 Å². The lowest BCUT2D eigenvalue weighted by Crippen LogP contribution is -2.10. The van der Waals surface area contributed by atoms with Crippen LogP contribution in [-0.2, 0) is 0 Å². The molecule has 1 N–H and O–H groups in total. The SMILES string of the molecule is COc1c(F)cccc1Nc1cnc2ccc(N(C)C)nc2c1. The van der Waals surface area contributed by atoms with Crippen molar-refractivity contribution in [2.45, 2.75) is 0 Å². The van der Waals surface area contributed by atoms with Crippen LogP contribution in [0, 0.1) is 5.82 Å². The van der Waals surface area contributed by atoms with E-state index < -0.39 is 5.82 Å². The van der Waals surface area contributed by atoms with Gasteiger partial charge < -0.3 is 15.0 Å². The molecule has 0 bridgehead atoms. The summed E-state index contributed by atoms with van der Waals surface area (Å²) >= 11 is 0. The molecule has 5 nitrogen and oxygen atoms in total. The van der Waals surface area contributed by atoms with Gasteiger partial charge in [0.2, 0.25) is 0 Å². The fourth-order valence-corrected chi connectivity index (χ4v) is 2.28. The molecule has 0 aliphatic rings. The van der Waals surface area contributed by atoms with Crippen molar-refractivity contribution in [1.29, 1.82) is 0 Å². The Labute approximate surface area is 133 Å². The number of hydrogen-bond acceptors (Lipinski definition) is 5. The van der Waals surface area contributed by atoms with Gasteiger partial charge in [0.25, 0.3) is 0 Å². The monoisotopic (exact) mass is 312 g/mol. The average molecular weight is 312 g/mol. The van der Waals surface area contributed by atoms with E-state index in [1.54, 1.807) is 18.3 Å². The Bertz CT molecular complexity index is 851. The third kappa shape index (κ3) is 3.01. The number of anilines is 3. The highest BCUT2D eigenvalue weighted by atomic mass is 19.1. The number of benzene rings is 1. The van der Waals surface area contributed by atoms with Crippen molar-refractivity contribution in [2.75, 3.05) is 31.4 Å². The van der Waals surface area contributed by atoms with Gasteiger partial charge in [-0.2, -0.15) is 0 Å². The van der Waals surface area contributed by atoms with Crippen LogP contribution in [0.2, 0.25) is 0 Å². The van der Waals surface area contributed by atoms with Crippen LogP contribution in [0.1, 0.15) is 0 Å². The fraction of sp³-hybridized carbons (Fsp3) is 0.176. The number of nitrogens with one attached hydrogen (secondary N) is 1. The molecule has 0 saturated carbocycles. The highest BCUT2D eigenvalue weighted by Crippen LogP contribution is 2.30. The zero-order valence-corrected chi connectivity index (χ0v) is 13.2. The van der Waals surface area contributed by atoms with Gasteiger partial charge in [-0.25, -0.2) is 9.37 Å². The summed E-state index contributed by atoms with van der Waals surface area (Å²) in [6, 6.07) is 10.4. The second-order valence-corrected chi connectivity index (χ2v) is 5.27. The minimum absolute atomic E-state index is 0.169. The number of nitrogens with zero attached hydrogens (tertiary/aromatic N) is 3. The van der Waals surface area contributed by atoms with Crippen LogP contribution in [0.3, 0.4) is 0 Å². The molecular weight excluding hydrogens is 295 g/mol. The van der Waals surface area contributed by atoms with Gasteiger partial charge in [0, 0.05) is 14.1 Å². The maximum Gasteiger partial charge on any atom is 0.177 e. The number of hydrogen-bond donors (Lipinski definition) is 1. The Hall–Kier alpha value is -2.89. The molecule has 6 heteroatoms. The van der Waals surface area contributed by atoms with Crippen molar-refractivity contribution in [3.8, 4) is 5.75 Å². The van der Waals surface area contributed by atoms with E-state index in [9.17, 15) is 4.39 Å². The standard InChI is InChI=1S/C17H17FN4O/c1-22(2)16-8-7-13-15(21-16)9-11(10-19-13)20-14-6-4-5-12(18)17(14)23-3/h4-10,20H,1-3H3. The molecule has 0 amide bonds. The first-order valence-corrected chi connectivity index (χ1v) is 7.12. The highest BCUT2D eigenvalue weighted by Gasteiger charge is 2.09. The predicted octanol–water partition coefficient (Wildman–Crippen LogP) is 3.59. The number of halogens is 1. The quantitative estimate of drug-likeness (QED) is 0.798. The summed E-state index contributed by atoms with van der Waals surface area (Å²) < 4.78 is 18.9. The first kappa shape index (κ1) is 15.0. The Kier molecular flexibility index (Phi) is 3.97. The van der Waals surface area contributed by atoms with Crippen LogP contribution in [0.25, 0.3) is 11.0 Å². The Morgan fingerprint density at radius 1 is 1.13 bits per heavy atom. The van der Waals surface area contributed by atoms with Gasteiger partial charge >= 0.3 is 0 Å². The van der Waals surface area contributed by atoms with Gasteiger partial charge in [0.1, 0.15) is 5.82 Å². The third-order valence-electron chi connectivity index (χ3n) is 3.43. The number of fused-ring (bicyclic) bond motifs is 1. The molecule has 118 valence electrons. The summed E-state index contributed by atoms with van der Waals surface area (Å²) in [6.07, 6.45) is 1.68. The van der Waals surface area contributed by atoms with E-state index in [2.05, 4.69) is 15.3 Å². The van der Waals surface area contributed by atoms with Gasteiger partial charge in [0.05, 0.1) is 35.7 Å². The first-order chi connectivity index (χ1) is 11.1. The van der Waals surface area contributed by atoms with E-state index >= 15 is 0 Å². The molecule has 0 aliphatic carbocycles. The number of ether oxygens (including phenoxy) is 1. The molecule has 0 fully saturated rings. The van der Waals surface area contributed by atoms with Crippen LogP contribution in [0.15, 0.2) is 42.6 Å². The van der Waals surface area contributed by atoms with E-state index in [-0.39, 0.29) is 5.75 Å². The van der Waals surface area contributed by atoms with Crippen molar-refractivity contribution < 1.29 is 9.13 Å². The fourth-order valence-electron chi connectivity index (χ4n) is 2.28. The molecular formula is C17H17FN4O. The minimum atomic E-state index is -0.417. The van der Waals surface area contributed by atoms with E-state index in [1.807, 2.05) is 37.2 Å². The van der Waals surface area contributed by atoms with Crippen LogP contribution in [-0.4, -0.2) is 31.2 Å². The number of para-hydroxylation sites is 1. The lowest BCUT2D eigenvalue weighted by Gasteiger charge is -2.13. The molecule has 23 heavy (non-hydrogen) atoms. The van der Waals surface area contributed by atoms with Crippen LogP contribution >= 0.6 is 0 Å². The Morgan fingerprint density at radius 3 is 2.70 bits per heavy atom. The normalized spacial score (nSPS) is 10.6. The predicted molar refractivity (Wildman–Crippen MR) is 90.1 cm³/mol. The van der Waals surface area contributed by atoms with Crippen molar-refractivity contribution in [2.24, 2.45) is 0 Å². The van der Waals surface area contributed by atoms with Crippen molar-refractivity contribution in [3.63, 3.8) is 0 Å². The molecule has 0 unspecified atom stereocenters. The van der Waals surface area contributed by atoms with Crippen LogP contribution in [0.5, 0.6) is 5.75 Å². The third-order valence-corrected chi connectivity index (χ3v) is 3.43. The maximum atomic E-state index is 13.7. The van der Waals surface area contributed by atoms with Gasteiger partial charge in [-0.3, -0.25) is 4.98 Å². The summed E-state index contributed by atoms with van der Waals surface area (Å²) in [5, 5.41) is 3.12. The van der Waals surface area contributed by atoms with Crippen molar-refractivity contribution in [1.82, 2.24) is 9.97 Å². The van der Waals surface area contributed by atoms with Gasteiger partial charge in [-0.05, 0) is 30.3 Å². The highest BCUT2D eigenvalue weighted by molar-refractivity contribution is 5.81. The van der Waals surface area contributed by atoms with E-state index in [1.165, 1.54) is 13.2 Å². The minimum Gasteiger partial charge on any atom is -0.492 e. The lowest BCUT2D eigenvalue weighted by atomic mass is 10.2. The molecule has 1 aromatic carbocycles. The zero-order chi connectivity index (χ0) is 16.4. The molecule has 3 rings (SSSR count). The number of pyridine rings is 2. The first-order valence-electron chi connectivity index (χ1n) is 7.12. The summed E-state index contributed by atoms with van der Waals surface area (Å²) in [7, 11) is 5.30. The molecule has 2 aromatic heterocycles. The number of rotatable bonds is 4. The van der Waals surface area contributed by atoms with E-state index in [0.29, 0.717) is 11.4 Å². The Morgan fingerprint density at radius 2 is 1.96 bits per heavy atom. The van der Waals surface area contributed by atoms with E-state index in [0.717, 1.165) is 16.9 Å².